The summed E-state index contributed by atoms with van der Waals surface area (Å²) >= 11 is 0. The summed E-state index contributed by atoms with van der Waals surface area (Å²) in [5, 5.41) is 3.06. The molecule has 21 heavy (non-hydrogen) atoms. The van der Waals surface area contributed by atoms with Crippen LogP contribution in [0.25, 0.3) is 0 Å². The molecule has 3 atom stereocenters. The Morgan fingerprint density at radius 2 is 1.81 bits per heavy atom. The third kappa shape index (κ3) is 2.58. The first-order chi connectivity index (χ1) is 9.84. The minimum atomic E-state index is -0.666. The lowest BCUT2D eigenvalue weighted by Crippen LogP contribution is -2.72. The van der Waals surface area contributed by atoms with E-state index in [2.05, 4.69) is 12.2 Å². The van der Waals surface area contributed by atoms with Crippen LogP contribution in [0.3, 0.4) is 0 Å². The van der Waals surface area contributed by atoms with Gasteiger partial charge >= 0.3 is 0 Å². The fraction of sp³-hybridized carbons (Fsp3) is 0.882. The maximum atomic E-state index is 13.1. The Kier molecular flexibility index (Phi) is 3.53. The van der Waals surface area contributed by atoms with Crippen molar-refractivity contribution < 1.29 is 9.59 Å². The van der Waals surface area contributed by atoms with Crippen molar-refractivity contribution in [1.82, 2.24) is 10.2 Å². The molecule has 1 aliphatic heterocycles. The van der Waals surface area contributed by atoms with Crippen LogP contribution < -0.4 is 5.32 Å². The number of nitrogens with zero attached hydrogens (tertiary/aromatic N) is 1. The molecule has 1 N–H and O–H groups in total. The first-order valence-electron chi connectivity index (χ1n) is 8.49. The number of piperazine rings is 1. The van der Waals surface area contributed by atoms with Gasteiger partial charge in [0.2, 0.25) is 11.8 Å². The Balaban J connectivity index is 1.88. The number of nitrogens with one attached hydrogen (secondary N) is 1. The van der Waals surface area contributed by atoms with E-state index in [1.54, 1.807) is 0 Å². The van der Waals surface area contributed by atoms with Gasteiger partial charge in [-0.3, -0.25) is 9.59 Å². The van der Waals surface area contributed by atoms with Crippen LogP contribution in [0.5, 0.6) is 0 Å². The molecule has 4 nitrogen and oxygen atoms in total. The monoisotopic (exact) mass is 292 g/mol. The smallest absolute Gasteiger partial charge is 0.249 e. The molecule has 0 aromatic carbocycles. The van der Waals surface area contributed by atoms with E-state index in [4.69, 9.17) is 0 Å². The molecule has 0 bridgehead atoms. The molecule has 0 aromatic heterocycles. The van der Waals surface area contributed by atoms with E-state index in [1.807, 2.05) is 25.7 Å². The molecule has 3 fully saturated rings. The lowest BCUT2D eigenvalue weighted by molar-refractivity contribution is -0.160. The van der Waals surface area contributed by atoms with Gasteiger partial charge < -0.3 is 10.2 Å². The second-order valence-corrected chi connectivity index (χ2v) is 7.90. The minimum absolute atomic E-state index is 0.0432. The molecule has 0 radical (unpaired) electrons. The van der Waals surface area contributed by atoms with E-state index in [-0.39, 0.29) is 29.8 Å². The van der Waals surface area contributed by atoms with Crippen LogP contribution in [-0.2, 0) is 9.59 Å². The zero-order chi connectivity index (χ0) is 15.4. The van der Waals surface area contributed by atoms with Crippen molar-refractivity contribution in [3.8, 4) is 0 Å². The van der Waals surface area contributed by atoms with Crippen molar-refractivity contribution >= 4 is 11.8 Å². The largest absolute Gasteiger partial charge is 0.340 e. The quantitative estimate of drug-likeness (QED) is 0.845. The van der Waals surface area contributed by atoms with Crippen LogP contribution in [0.2, 0.25) is 0 Å². The Labute approximate surface area is 127 Å². The van der Waals surface area contributed by atoms with Gasteiger partial charge in [0, 0.05) is 6.04 Å². The van der Waals surface area contributed by atoms with Gasteiger partial charge in [0.1, 0.15) is 11.6 Å². The van der Waals surface area contributed by atoms with Crippen molar-refractivity contribution in [1.29, 1.82) is 0 Å². The zero-order valence-corrected chi connectivity index (χ0v) is 13.7. The van der Waals surface area contributed by atoms with Gasteiger partial charge in [0.05, 0.1) is 0 Å². The van der Waals surface area contributed by atoms with Gasteiger partial charge in [-0.05, 0) is 50.9 Å². The molecule has 2 aliphatic carbocycles. The van der Waals surface area contributed by atoms with Gasteiger partial charge in [-0.2, -0.15) is 0 Å². The predicted molar refractivity (Wildman–Crippen MR) is 81.5 cm³/mol. The standard InChI is InChI=1S/C17H28N2O2/c1-10(2)14-15(20)18-17(4,13-7-8-13)16(21)19(14)11(3)9-12-5-6-12/h10-14H,5-9H2,1-4H3,(H,18,20). The van der Waals surface area contributed by atoms with E-state index < -0.39 is 5.54 Å². The third-order valence-corrected chi connectivity index (χ3v) is 5.50. The molecular formula is C17H28N2O2. The van der Waals surface area contributed by atoms with Crippen LogP contribution in [0.15, 0.2) is 0 Å². The lowest BCUT2D eigenvalue weighted by atomic mass is 9.85. The number of hydrogen-bond donors (Lipinski definition) is 1. The van der Waals surface area contributed by atoms with Crippen molar-refractivity contribution in [2.45, 2.75) is 77.4 Å². The number of amides is 2. The molecule has 2 amide bonds. The molecule has 2 saturated carbocycles. The topological polar surface area (TPSA) is 49.4 Å². The van der Waals surface area contributed by atoms with Crippen LogP contribution in [0, 0.1) is 17.8 Å². The highest BCUT2D eigenvalue weighted by molar-refractivity contribution is 6.00. The summed E-state index contributed by atoms with van der Waals surface area (Å²) in [6.45, 7) is 8.12. The molecular weight excluding hydrogens is 264 g/mol. The first-order valence-corrected chi connectivity index (χ1v) is 8.49. The van der Waals surface area contributed by atoms with Gasteiger partial charge in [-0.1, -0.05) is 26.7 Å². The Hall–Kier alpha value is -1.06. The normalized spacial score (nSPS) is 35.1. The second-order valence-electron chi connectivity index (χ2n) is 7.90. The third-order valence-electron chi connectivity index (χ3n) is 5.50. The van der Waals surface area contributed by atoms with Crippen molar-refractivity contribution in [3.05, 3.63) is 0 Å². The fourth-order valence-corrected chi connectivity index (χ4v) is 3.89. The number of carbonyl (C=O) groups excluding carboxylic acids is 2. The molecule has 3 aliphatic rings. The van der Waals surface area contributed by atoms with Crippen molar-refractivity contribution in [2.24, 2.45) is 17.8 Å². The fourth-order valence-electron chi connectivity index (χ4n) is 3.89. The molecule has 0 aromatic rings. The van der Waals surface area contributed by atoms with Gasteiger partial charge in [-0.15, -0.1) is 0 Å². The summed E-state index contributed by atoms with van der Waals surface area (Å²) in [6.07, 6.45) is 5.72. The van der Waals surface area contributed by atoms with E-state index in [0.717, 1.165) is 25.2 Å². The SMILES string of the molecule is CC(C)C1C(=O)NC(C)(C2CC2)C(=O)N1C(C)CC1CC1. The van der Waals surface area contributed by atoms with Crippen LogP contribution in [-0.4, -0.2) is 34.3 Å². The highest BCUT2D eigenvalue weighted by Gasteiger charge is 2.56. The summed E-state index contributed by atoms with van der Waals surface area (Å²) in [4.78, 5) is 27.7. The van der Waals surface area contributed by atoms with E-state index in [0.29, 0.717) is 5.92 Å². The maximum Gasteiger partial charge on any atom is 0.249 e. The van der Waals surface area contributed by atoms with Gasteiger partial charge in [0.15, 0.2) is 0 Å². The van der Waals surface area contributed by atoms with E-state index in [1.165, 1.54) is 12.8 Å². The molecule has 3 rings (SSSR count). The molecule has 1 saturated heterocycles. The van der Waals surface area contributed by atoms with Gasteiger partial charge in [0.25, 0.3) is 0 Å². The number of carbonyl (C=O) groups is 2. The molecule has 3 unspecified atom stereocenters. The Bertz CT molecular complexity index is 454. The summed E-state index contributed by atoms with van der Waals surface area (Å²) in [6, 6.07) is -0.139. The van der Waals surface area contributed by atoms with Crippen LogP contribution in [0.1, 0.15) is 59.8 Å². The van der Waals surface area contributed by atoms with E-state index >= 15 is 0 Å². The zero-order valence-electron chi connectivity index (χ0n) is 13.7. The van der Waals surface area contributed by atoms with Crippen LogP contribution in [0.4, 0.5) is 0 Å². The first kappa shape index (κ1) is 14.9. The molecule has 1 heterocycles. The highest BCUT2D eigenvalue weighted by atomic mass is 16.2. The number of rotatable bonds is 5. The summed E-state index contributed by atoms with van der Waals surface area (Å²) in [5.41, 5.74) is -0.666. The highest BCUT2D eigenvalue weighted by Crippen LogP contribution is 2.44. The minimum Gasteiger partial charge on any atom is -0.340 e. The summed E-state index contributed by atoms with van der Waals surface area (Å²) in [5.74, 6) is 1.44. The molecule has 4 heteroatoms. The predicted octanol–water partition coefficient (Wildman–Crippen LogP) is 2.33. The molecule has 0 spiro atoms. The lowest BCUT2D eigenvalue weighted by Gasteiger charge is -2.48. The maximum absolute atomic E-state index is 13.1. The summed E-state index contributed by atoms with van der Waals surface area (Å²) < 4.78 is 0. The second kappa shape index (κ2) is 4.99. The average Bonchev–Trinajstić information content (AvgIpc) is 3.24. The Morgan fingerprint density at radius 1 is 1.19 bits per heavy atom. The number of hydrogen-bond acceptors (Lipinski definition) is 2. The van der Waals surface area contributed by atoms with Crippen molar-refractivity contribution in [3.63, 3.8) is 0 Å². The Morgan fingerprint density at radius 3 is 2.29 bits per heavy atom. The average molecular weight is 292 g/mol. The van der Waals surface area contributed by atoms with Gasteiger partial charge in [-0.25, -0.2) is 0 Å². The van der Waals surface area contributed by atoms with E-state index in [9.17, 15) is 9.59 Å². The summed E-state index contributed by atoms with van der Waals surface area (Å²) in [7, 11) is 0. The molecule has 118 valence electrons. The van der Waals surface area contributed by atoms with Crippen molar-refractivity contribution in [2.75, 3.05) is 0 Å². The van der Waals surface area contributed by atoms with Crippen LogP contribution >= 0.6 is 0 Å².